The number of hydrogen-bond donors (Lipinski definition) is 4. The zero-order valence-corrected chi connectivity index (χ0v) is 21.9. The predicted octanol–water partition coefficient (Wildman–Crippen LogP) is 2.10. The highest BCUT2D eigenvalue weighted by Crippen LogP contribution is 2.65. The number of rotatable bonds is 9. The van der Waals surface area contributed by atoms with Crippen LogP contribution in [0.1, 0.15) is 112 Å². The zero-order chi connectivity index (χ0) is 44.4. The highest BCUT2D eigenvalue weighted by molar-refractivity contribution is 6.37. The summed E-state index contributed by atoms with van der Waals surface area (Å²) in [6, 6.07) is -8.27. The maximum atomic E-state index is 14.5. The second-order valence-corrected chi connectivity index (χ2v) is 11.5. The van der Waals surface area contributed by atoms with Crippen LogP contribution in [0.2, 0.25) is 0 Å². The molecule has 1 aliphatic heterocycles. The van der Waals surface area contributed by atoms with E-state index in [1.165, 1.54) is 20.8 Å². The fourth-order valence-corrected chi connectivity index (χ4v) is 4.93. The summed E-state index contributed by atoms with van der Waals surface area (Å²) in [6.45, 7) is -4.06. The number of fused-ring (bicyclic) bond motifs is 1. The second-order valence-electron chi connectivity index (χ2n) is 11.5. The third kappa shape index (κ3) is 6.86. The molecule has 0 aromatic heterocycles. The lowest BCUT2D eigenvalue weighted by Crippen LogP contribution is -2.60. The van der Waals surface area contributed by atoms with Crippen LogP contribution < -0.4 is 21.7 Å². The maximum absolute atomic E-state index is 14.5. The van der Waals surface area contributed by atoms with Gasteiger partial charge >= 0.3 is 6.03 Å². The number of nitrogens with zero attached hydrogens (tertiary/aromatic N) is 1. The predicted molar refractivity (Wildman–Crippen MR) is 144 cm³/mol. The number of hydrogen-bond acceptors (Lipinski definition) is 5. The molecule has 0 radical (unpaired) electrons. The second kappa shape index (κ2) is 10.5. The number of piperidine rings is 1. The van der Waals surface area contributed by atoms with Crippen molar-refractivity contribution in [1.82, 2.24) is 20.9 Å². The number of Topliss-reactive ketones (excluding diaryl/α,β-unsaturated/α-hetero) is 1. The molecule has 5 amide bonds. The van der Waals surface area contributed by atoms with Crippen LogP contribution in [-0.4, -0.2) is 64.6 Å². The van der Waals surface area contributed by atoms with E-state index in [0.717, 1.165) is 4.90 Å². The van der Waals surface area contributed by atoms with Gasteiger partial charge in [-0.1, -0.05) is 53.5 Å². The summed E-state index contributed by atoms with van der Waals surface area (Å²) in [5.41, 5.74) is -0.358. The Hall–Kier alpha value is -2.65. The zero-order valence-electron chi connectivity index (χ0n) is 39.9. The molecular weight excluding hydrogens is 486 g/mol. The quantitative estimate of drug-likeness (QED) is 0.324. The van der Waals surface area contributed by atoms with Gasteiger partial charge in [0.1, 0.15) is 12.1 Å². The molecule has 10 heteroatoms. The van der Waals surface area contributed by atoms with Gasteiger partial charge < -0.3 is 26.6 Å². The SMILES string of the molecule is [2H]C([2H])([2H])C(C[C@H](NC(=O)NC(C)(C)C)C(=O)N1C[C@H]2[C@@H]([C@H]1C(=O)NC(C(=O)C(N)=O)C([2H])([2H])C1([2H])C([2H])([2H])C([2H])([2H])C1([2H])[2H])C2(C)C)(C([2H])([2H])[2H])C([2H])([2H])[2H]. The Bertz CT molecular complexity index is 1600. The van der Waals surface area contributed by atoms with E-state index in [4.69, 9.17) is 30.4 Å². The molecule has 214 valence electrons. The van der Waals surface area contributed by atoms with E-state index in [1.807, 2.05) is 5.32 Å². The van der Waals surface area contributed by atoms with Crippen molar-refractivity contribution in [3.05, 3.63) is 0 Å². The Balaban J connectivity index is 2.20. The molecule has 0 spiro atoms. The van der Waals surface area contributed by atoms with Gasteiger partial charge in [-0.2, -0.15) is 0 Å². The Morgan fingerprint density at radius 2 is 1.76 bits per heavy atom. The number of nitrogens with one attached hydrogen (secondary N) is 3. The summed E-state index contributed by atoms with van der Waals surface area (Å²) in [6.07, 6.45) is -16.4. The van der Waals surface area contributed by atoms with Crippen LogP contribution in [0.25, 0.3) is 0 Å². The minimum absolute atomic E-state index is 0.384. The number of amides is 5. The minimum atomic E-state index is -3.95. The molecule has 3 rings (SSSR count). The molecule has 0 aromatic carbocycles. The van der Waals surface area contributed by atoms with Crippen molar-refractivity contribution in [3.63, 3.8) is 0 Å². The lowest BCUT2D eigenvalue weighted by Gasteiger charge is -2.36. The largest absolute Gasteiger partial charge is 0.363 e. The monoisotopic (exact) mass is 551 g/mol. The van der Waals surface area contributed by atoms with Gasteiger partial charge in [0.25, 0.3) is 5.91 Å². The van der Waals surface area contributed by atoms with E-state index in [1.54, 1.807) is 13.8 Å². The normalized spacial score (nSPS) is 39.1. The Morgan fingerprint density at radius 1 is 1.13 bits per heavy atom. The fraction of sp³-hybridized carbons (Fsp3) is 0.821. The van der Waals surface area contributed by atoms with E-state index in [-0.39, 0.29) is 6.54 Å². The van der Waals surface area contributed by atoms with E-state index in [9.17, 15) is 24.0 Å². The van der Waals surface area contributed by atoms with Gasteiger partial charge in [-0.25, -0.2) is 4.79 Å². The van der Waals surface area contributed by atoms with Crippen LogP contribution in [0.4, 0.5) is 4.79 Å². The molecule has 38 heavy (non-hydrogen) atoms. The van der Waals surface area contributed by atoms with Crippen molar-refractivity contribution in [2.45, 2.75) is 111 Å². The van der Waals surface area contributed by atoms with E-state index in [2.05, 4.69) is 10.6 Å². The lowest BCUT2D eigenvalue weighted by atomic mass is 9.80. The third-order valence-electron chi connectivity index (χ3n) is 6.82. The van der Waals surface area contributed by atoms with Gasteiger partial charge in [0.15, 0.2) is 0 Å². The molecule has 10 nitrogen and oxygen atoms in total. The lowest BCUT2D eigenvalue weighted by molar-refractivity contribution is -0.144. The summed E-state index contributed by atoms with van der Waals surface area (Å²) in [5.74, 6) is -12.1. The first-order valence-electron chi connectivity index (χ1n) is 21.0. The summed E-state index contributed by atoms with van der Waals surface area (Å²) in [7, 11) is 0. The highest BCUT2D eigenvalue weighted by atomic mass is 16.2. The first kappa shape index (κ1) is 13.6. The van der Waals surface area contributed by atoms with Gasteiger partial charge in [0.2, 0.25) is 17.6 Å². The number of carbonyl (C=O) groups is 5. The van der Waals surface area contributed by atoms with Crippen molar-refractivity contribution < 1.29 is 48.6 Å². The van der Waals surface area contributed by atoms with Crippen molar-refractivity contribution >= 4 is 29.5 Å². The van der Waals surface area contributed by atoms with Crippen LogP contribution in [-0.2, 0) is 19.2 Å². The standard InChI is InChI=1S/C28H47N5O5/c1-26(2,3)13-18(31-25(38)32-27(4,5)6)24(37)33-14-16-19(28(16,7)8)20(33)23(36)30-17(21(34)22(29)35)12-15-10-9-11-15/h15-20H,9-14H2,1-8H3,(H2,29,35)(H,30,36)(H2,31,32,38)/t16-,17?,18-,19-,20-/m0/s1/i1D3,2D3,3D3,9D2,10D2,11D2,12D2,15D. The smallest absolute Gasteiger partial charge is 0.315 e. The topological polar surface area (TPSA) is 151 Å². The molecule has 2 saturated carbocycles. The van der Waals surface area contributed by atoms with Crippen LogP contribution in [0.15, 0.2) is 0 Å². The van der Waals surface area contributed by atoms with Crippen LogP contribution >= 0.6 is 0 Å². The number of carbonyl (C=O) groups excluding carboxylic acids is 5. The molecule has 1 unspecified atom stereocenters. The Morgan fingerprint density at radius 3 is 2.32 bits per heavy atom. The van der Waals surface area contributed by atoms with Gasteiger partial charge in [-0.3, -0.25) is 19.2 Å². The number of urea groups is 1. The summed E-state index contributed by atoms with van der Waals surface area (Å²) >= 11 is 0. The molecule has 5 N–H and O–H groups in total. The minimum Gasteiger partial charge on any atom is -0.363 e. The first-order valence-corrected chi connectivity index (χ1v) is 12.0. The molecule has 3 fully saturated rings. The molecule has 3 aliphatic rings. The molecular formula is C28H47N5O5. The highest BCUT2D eigenvalue weighted by Gasteiger charge is 2.69. The van der Waals surface area contributed by atoms with Crippen LogP contribution in [0.5, 0.6) is 0 Å². The Kier molecular flexibility index (Phi) is 3.76. The Labute approximate surface area is 251 Å². The number of ketones is 1. The van der Waals surface area contributed by atoms with Crippen molar-refractivity contribution in [3.8, 4) is 0 Å². The van der Waals surface area contributed by atoms with Crippen molar-refractivity contribution in [2.24, 2.45) is 34.3 Å². The first-order chi connectivity index (χ1) is 24.5. The maximum Gasteiger partial charge on any atom is 0.315 e. The molecule has 0 aromatic rings. The molecule has 0 bridgehead atoms. The third-order valence-corrected chi connectivity index (χ3v) is 6.82. The van der Waals surface area contributed by atoms with E-state index in [0.29, 0.717) is 0 Å². The van der Waals surface area contributed by atoms with Crippen molar-refractivity contribution in [1.29, 1.82) is 0 Å². The van der Waals surface area contributed by atoms with Gasteiger partial charge in [0.05, 0.1) is 6.04 Å². The van der Waals surface area contributed by atoms with Gasteiger partial charge in [0, 0.05) is 36.8 Å². The summed E-state index contributed by atoms with van der Waals surface area (Å²) < 4.78 is 147. The van der Waals surface area contributed by atoms with Crippen LogP contribution in [0.3, 0.4) is 0 Å². The molecule has 1 heterocycles. The van der Waals surface area contributed by atoms with E-state index < -0.39 is 134 Å². The van der Waals surface area contributed by atoms with Gasteiger partial charge in [-0.05, 0) is 62.1 Å². The molecule has 2 aliphatic carbocycles. The van der Waals surface area contributed by atoms with Crippen molar-refractivity contribution in [2.75, 3.05) is 6.54 Å². The number of likely N-dealkylation sites (tertiary alicyclic amines) is 1. The fourth-order valence-electron chi connectivity index (χ4n) is 4.93. The number of nitrogens with two attached hydrogens (primary N) is 1. The average molecular weight is 552 g/mol. The molecule has 1 saturated heterocycles. The van der Waals surface area contributed by atoms with E-state index >= 15 is 0 Å². The van der Waals surface area contributed by atoms with Crippen LogP contribution in [0, 0.1) is 28.6 Å². The summed E-state index contributed by atoms with van der Waals surface area (Å²) in [4.78, 5) is 68.1. The molecule has 5 atom stereocenters. The number of primary amides is 1. The average Bonchev–Trinajstić information content (AvgIpc) is 3.28. The summed E-state index contributed by atoms with van der Waals surface area (Å²) in [5, 5.41) is 6.44. The van der Waals surface area contributed by atoms with Gasteiger partial charge in [-0.15, -0.1) is 0 Å².